The Bertz CT molecular complexity index is 902. The number of benzene rings is 2. The SMILES string of the molecule is Cc1ccc(C)c(NC(=O)c2ccccc2CSc2nc(C)cs2)c1. The molecule has 0 atom stereocenters. The van der Waals surface area contributed by atoms with E-state index in [1.807, 2.05) is 68.6 Å². The molecule has 1 amide bonds. The molecule has 3 nitrogen and oxygen atoms in total. The molecule has 0 unspecified atom stereocenters. The van der Waals surface area contributed by atoms with Crippen LogP contribution >= 0.6 is 23.1 Å². The lowest BCUT2D eigenvalue weighted by Crippen LogP contribution is -2.14. The molecule has 0 aliphatic heterocycles. The van der Waals surface area contributed by atoms with Gasteiger partial charge >= 0.3 is 0 Å². The van der Waals surface area contributed by atoms with Crippen molar-refractivity contribution in [2.75, 3.05) is 5.32 Å². The predicted octanol–water partition coefficient (Wildman–Crippen LogP) is 5.61. The van der Waals surface area contributed by atoms with Gasteiger partial charge in [0.1, 0.15) is 4.34 Å². The smallest absolute Gasteiger partial charge is 0.255 e. The summed E-state index contributed by atoms with van der Waals surface area (Å²) in [6.45, 7) is 6.02. The zero-order chi connectivity index (χ0) is 17.8. The maximum atomic E-state index is 12.8. The highest BCUT2D eigenvalue weighted by atomic mass is 32.2. The number of amides is 1. The second kappa shape index (κ2) is 7.85. The molecule has 0 spiro atoms. The van der Waals surface area contributed by atoms with Crippen LogP contribution in [0.5, 0.6) is 0 Å². The normalized spacial score (nSPS) is 10.7. The molecule has 1 N–H and O–H groups in total. The van der Waals surface area contributed by atoms with Gasteiger partial charge in [0.2, 0.25) is 0 Å². The topological polar surface area (TPSA) is 42.0 Å². The van der Waals surface area contributed by atoms with E-state index in [0.29, 0.717) is 5.56 Å². The molecule has 0 bridgehead atoms. The number of thioether (sulfide) groups is 1. The third kappa shape index (κ3) is 4.50. The van der Waals surface area contributed by atoms with Crippen LogP contribution in [0, 0.1) is 20.8 Å². The number of nitrogens with zero attached hydrogens (tertiary/aromatic N) is 1. The fourth-order valence-electron chi connectivity index (χ4n) is 2.47. The summed E-state index contributed by atoms with van der Waals surface area (Å²) in [5.41, 5.74) is 5.82. The Morgan fingerprint density at radius 3 is 2.72 bits per heavy atom. The molecular weight excluding hydrogens is 348 g/mol. The van der Waals surface area contributed by atoms with E-state index < -0.39 is 0 Å². The zero-order valence-corrected chi connectivity index (χ0v) is 16.1. The summed E-state index contributed by atoms with van der Waals surface area (Å²) in [5, 5.41) is 5.09. The molecule has 5 heteroatoms. The van der Waals surface area contributed by atoms with E-state index in [4.69, 9.17) is 0 Å². The molecule has 0 saturated carbocycles. The number of carbonyl (C=O) groups excluding carboxylic acids is 1. The second-order valence-electron chi connectivity index (χ2n) is 5.97. The van der Waals surface area contributed by atoms with Gasteiger partial charge in [0.05, 0.1) is 0 Å². The summed E-state index contributed by atoms with van der Waals surface area (Å²) in [6, 6.07) is 13.8. The number of aryl methyl sites for hydroxylation is 3. The highest BCUT2D eigenvalue weighted by Gasteiger charge is 2.13. The van der Waals surface area contributed by atoms with Crippen LogP contribution in [0.25, 0.3) is 0 Å². The second-order valence-corrected chi connectivity index (χ2v) is 8.05. The molecule has 0 aliphatic rings. The maximum absolute atomic E-state index is 12.8. The molecule has 128 valence electrons. The van der Waals surface area contributed by atoms with Crippen molar-refractivity contribution in [2.24, 2.45) is 0 Å². The lowest BCUT2D eigenvalue weighted by Gasteiger charge is -2.12. The quantitative estimate of drug-likeness (QED) is 0.595. The van der Waals surface area contributed by atoms with Crippen LogP contribution in [-0.2, 0) is 5.75 Å². The Labute approximate surface area is 156 Å². The molecule has 0 fully saturated rings. The predicted molar refractivity (Wildman–Crippen MR) is 107 cm³/mol. The Morgan fingerprint density at radius 2 is 1.96 bits per heavy atom. The summed E-state index contributed by atoms with van der Waals surface area (Å²) in [7, 11) is 0. The Balaban J connectivity index is 1.77. The maximum Gasteiger partial charge on any atom is 0.255 e. The lowest BCUT2D eigenvalue weighted by molar-refractivity contribution is 0.102. The van der Waals surface area contributed by atoms with E-state index in [2.05, 4.69) is 10.3 Å². The van der Waals surface area contributed by atoms with E-state index >= 15 is 0 Å². The number of nitrogens with one attached hydrogen (secondary N) is 1. The largest absolute Gasteiger partial charge is 0.322 e. The third-order valence-corrected chi connectivity index (χ3v) is 6.04. The summed E-state index contributed by atoms with van der Waals surface area (Å²) in [4.78, 5) is 17.3. The van der Waals surface area contributed by atoms with Crippen molar-refractivity contribution < 1.29 is 4.79 Å². The van der Waals surface area contributed by atoms with Gasteiger partial charge in [0, 0.05) is 28.1 Å². The molecule has 0 radical (unpaired) electrons. The van der Waals surface area contributed by atoms with Gasteiger partial charge in [-0.05, 0) is 49.6 Å². The standard InChI is InChI=1S/C20H20N2OS2/c1-13-8-9-14(2)18(10-13)22-19(23)17-7-5-4-6-16(17)12-25-20-21-15(3)11-24-20/h4-11H,12H2,1-3H3,(H,22,23). The van der Waals surface area contributed by atoms with Crippen LogP contribution in [0.4, 0.5) is 5.69 Å². The van der Waals surface area contributed by atoms with E-state index in [0.717, 1.165) is 38.2 Å². The number of carbonyl (C=O) groups is 1. The minimum Gasteiger partial charge on any atom is -0.322 e. The number of anilines is 1. The van der Waals surface area contributed by atoms with Gasteiger partial charge in [-0.3, -0.25) is 4.79 Å². The molecule has 1 heterocycles. The van der Waals surface area contributed by atoms with Crippen LogP contribution < -0.4 is 5.32 Å². The molecule has 3 rings (SSSR count). The van der Waals surface area contributed by atoms with Gasteiger partial charge in [-0.1, -0.05) is 42.1 Å². The average Bonchev–Trinajstić information content (AvgIpc) is 3.02. The van der Waals surface area contributed by atoms with E-state index in [-0.39, 0.29) is 5.91 Å². The van der Waals surface area contributed by atoms with Gasteiger partial charge in [-0.25, -0.2) is 4.98 Å². The molecule has 25 heavy (non-hydrogen) atoms. The first-order valence-corrected chi connectivity index (χ1v) is 9.91. The first-order valence-electron chi connectivity index (χ1n) is 8.04. The molecule has 0 aliphatic carbocycles. The van der Waals surface area contributed by atoms with Crippen molar-refractivity contribution >= 4 is 34.7 Å². The van der Waals surface area contributed by atoms with Crippen LogP contribution in [-0.4, -0.2) is 10.9 Å². The Morgan fingerprint density at radius 1 is 1.16 bits per heavy atom. The van der Waals surface area contributed by atoms with Crippen molar-refractivity contribution in [3.05, 3.63) is 75.8 Å². The van der Waals surface area contributed by atoms with Crippen LogP contribution in [0.3, 0.4) is 0 Å². The van der Waals surface area contributed by atoms with Crippen molar-refractivity contribution in [3.8, 4) is 0 Å². The highest BCUT2D eigenvalue weighted by Crippen LogP contribution is 2.27. The van der Waals surface area contributed by atoms with Crippen LogP contribution in [0.15, 0.2) is 52.2 Å². The molecular formula is C20H20N2OS2. The summed E-state index contributed by atoms with van der Waals surface area (Å²) >= 11 is 3.31. The first kappa shape index (κ1) is 17.7. The fraction of sp³-hybridized carbons (Fsp3) is 0.200. The highest BCUT2D eigenvalue weighted by molar-refractivity contribution is 8.00. The molecule has 2 aromatic carbocycles. The molecule has 0 saturated heterocycles. The van der Waals surface area contributed by atoms with Crippen molar-refractivity contribution in [1.29, 1.82) is 0 Å². The van der Waals surface area contributed by atoms with Crippen molar-refractivity contribution in [2.45, 2.75) is 30.9 Å². The fourth-order valence-corrected chi connectivity index (χ4v) is 4.32. The summed E-state index contributed by atoms with van der Waals surface area (Å²) in [5.74, 6) is 0.656. The van der Waals surface area contributed by atoms with Gasteiger partial charge in [-0.2, -0.15) is 0 Å². The van der Waals surface area contributed by atoms with E-state index in [9.17, 15) is 4.79 Å². The minimum atomic E-state index is -0.0692. The van der Waals surface area contributed by atoms with Crippen molar-refractivity contribution in [3.63, 3.8) is 0 Å². The monoisotopic (exact) mass is 368 g/mol. The summed E-state index contributed by atoms with van der Waals surface area (Å²) < 4.78 is 1.03. The molecule has 3 aromatic rings. The number of hydrogen-bond acceptors (Lipinski definition) is 4. The van der Waals surface area contributed by atoms with Gasteiger partial charge in [0.15, 0.2) is 0 Å². The molecule has 1 aromatic heterocycles. The first-order chi connectivity index (χ1) is 12.0. The minimum absolute atomic E-state index is 0.0692. The van der Waals surface area contributed by atoms with Gasteiger partial charge in [-0.15, -0.1) is 11.3 Å². The average molecular weight is 369 g/mol. The van der Waals surface area contributed by atoms with Crippen molar-refractivity contribution in [1.82, 2.24) is 4.98 Å². The van der Waals surface area contributed by atoms with Gasteiger partial charge < -0.3 is 5.32 Å². The van der Waals surface area contributed by atoms with Gasteiger partial charge in [0.25, 0.3) is 5.91 Å². The number of thiazole rings is 1. The van der Waals surface area contributed by atoms with Crippen LogP contribution in [0.2, 0.25) is 0 Å². The third-order valence-electron chi connectivity index (χ3n) is 3.85. The Hall–Kier alpha value is -2.11. The number of aromatic nitrogens is 1. The lowest BCUT2D eigenvalue weighted by atomic mass is 10.1. The number of hydrogen-bond donors (Lipinski definition) is 1. The zero-order valence-electron chi connectivity index (χ0n) is 14.5. The van der Waals surface area contributed by atoms with E-state index in [1.54, 1.807) is 23.1 Å². The summed E-state index contributed by atoms with van der Waals surface area (Å²) in [6.07, 6.45) is 0. The Kier molecular flexibility index (Phi) is 5.56. The van der Waals surface area contributed by atoms with E-state index in [1.165, 1.54) is 0 Å². The van der Waals surface area contributed by atoms with Crippen LogP contribution in [0.1, 0.15) is 32.7 Å². The number of rotatable bonds is 5.